The van der Waals surface area contributed by atoms with Gasteiger partial charge in [-0.2, -0.15) is 0 Å². The molecule has 2 heteroatoms. The molecule has 0 aliphatic heterocycles. The molecule has 86 valence electrons. The van der Waals surface area contributed by atoms with Crippen molar-refractivity contribution >= 4 is 28.1 Å². The maximum Gasteiger partial charge on any atom is 0.122 e. The molecule has 0 amide bonds. The van der Waals surface area contributed by atoms with Gasteiger partial charge in [-0.3, -0.25) is 0 Å². The lowest BCUT2D eigenvalue weighted by atomic mass is 10.1. The molecular weight excluding hydrogens is 276 g/mol. The number of hydrogen-bond donors (Lipinski definition) is 1. The first-order valence-corrected chi connectivity index (χ1v) is 6.18. The molecule has 0 fully saturated rings. The van der Waals surface area contributed by atoms with Crippen molar-refractivity contribution in [1.82, 2.24) is 0 Å². The molecule has 2 rings (SSSR count). The third kappa shape index (κ3) is 3.21. The van der Waals surface area contributed by atoms with Gasteiger partial charge >= 0.3 is 0 Å². The van der Waals surface area contributed by atoms with Gasteiger partial charge in [0.05, 0.1) is 0 Å². The highest BCUT2D eigenvalue weighted by atomic mass is 79.9. The lowest BCUT2D eigenvalue weighted by Gasteiger charge is -2.00. The molecule has 2 aromatic rings. The molecule has 0 aliphatic carbocycles. The summed E-state index contributed by atoms with van der Waals surface area (Å²) in [6.07, 6.45) is 3.89. The largest absolute Gasteiger partial charge is 0.507 e. The van der Waals surface area contributed by atoms with Crippen molar-refractivity contribution in [3.8, 4) is 5.75 Å². The second kappa shape index (κ2) is 5.19. The molecule has 17 heavy (non-hydrogen) atoms. The predicted octanol–water partition coefficient (Wildman–Crippen LogP) is 4.63. The van der Waals surface area contributed by atoms with Gasteiger partial charge < -0.3 is 5.11 Å². The van der Waals surface area contributed by atoms with Gasteiger partial charge in [0.25, 0.3) is 0 Å². The molecule has 0 aliphatic rings. The van der Waals surface area contributed by atoms with Crippen molar-refractivity contribution in [1.29, 1.82) is 0 Å². The highest BCUT2D eigenvalue weighted by molar-refractivity contribution is 9.10. The molecule has 0 saturated carbocycles. The maximum atomic E-state index is 9.69. The van der Waals surface area contributed by atoms with Crippen LogP contribution in [0.25, 0.3) is 12.2 Å². The first kappa shape index (κ1) is 11.9. The fourth-order valence-corrected chi connectivity index (χ4v) is 1.90. The van der Waals surface area contributed by atoms with Gasteiger partial charge in [0.15, 0.2) is 0 Å². The van der Waals surface area contributed by atoms with Crippen LogP contribution in [0, 0.1) is 6.92 Å². The molecular formula is C15H13BrO. The molecule has 0 atom stereocenters. The van der Waals surface area contributed by atoms with E-state index in [0.29, 0.717) is 0 Å². The highest BCUT2D eigenvalue weighted by Gasteiger charge is 1.97. The third-order valence-corrected chi connectivity index (χ3v) is 3.02. The zero-order valence-electron chi connectivity index (χ0n) is 9.52. The maximum absolute atomic E-state index is 9.69. The van der Waals surface area contributed by atoms with E-state index in [1.165, 1.54) is 5.56 Å². The Balaban J connectivity index is 2.25. The number of aryl methyl sites for hydroxylation is 1. The molecule has 0 saturated heterocycles. The second-order valence-corrected chi connectivity index (χ2v) is 4.86. The number of aromatic hydroxyl groups is 1. The predicted molar refractivity (Wildman–Crippen MR) is 75.9 cm³/mol. The van der Waals surface area contributed by atoms with E-state index in [9.17, 15) is 5.11 Å². The van der Waals surface area contributed by atoms with Crippen LogP contribution < -0.4 is 0 Å². The summed E-state index contributed by atoms with van der Waals surface area (Å²) in [6.45, 7) is 2.06. The fraction of sp³-hybridized carbons (Fsp3) is 0.0667. The Morgan fingerprint density at radius 3 is 2.41 bits per heavy atom. The van der Waals surface area contributed by atoms with Crippen LogP contribution >= 0.6 is 15.9 Å². The average Bonchev–Trinajstić information content (AvgIpc) is 2.32. The minimum absolute atomic E-state index is 0.288. The van der Waals surface area contributed by atoms with E-state index in [1.807, 2.05) is 24.3 Å². The standard InChI is InChI=1S/C15H13BrO/c1-11-2-4-12(5-3-11)6-7-13-10-14(16)8-9-15(13)17/h2-10,17H,1H3. The second-order valence-electron chi connectivity index (χ2n) is 3.95. The summed E-state index contributed by atoms with van der Waals surface area (Å²) in [5.74, 6) is 0.288. The topological polar surface area (TPSA) is 20.2 Å². The van der Waals surface area contributed by atoms with E-state index < -0.39 is 0 Å². The van der Waals surface area contributed by atoms with Crippen LogP contribution in [0.4, 0.5) is 0 Å². The summed E-state index contributed by atoms with van der Waals surface area (Å²) in [5, 5.41) is 9.69. The molecule has 1 nitrogen and oxygen atoms in total. The molecule has 0 radical (unpaired) electrons. The molecule has 0 bridgehead atoms. The summed E-state index contributed by atoms with van der Waals surface area (Å²) in [7, 11) is 0. The Hall–Kier alpha value is -1.54. The van der Waals surface area contributed by atoms with Crippen LogP contribution in [0.1, 0.15) is 16.7 Å². The smallest absolute Gasteiger partial charge is 0.122 e. The highest BCUT2D eigenvalue weighted by Crippen LogP contribution is 2.23. The van der Waals surface area contributed by atoms with Gasteiger partial charge in [0.1, 0.15) is 5.75 Å². The minimum atomic E-state index is 0.288. The third-order valence-electron chi connectivity index (χ3n) is 2.52. The van der Waals surface area contributed by atoms with Crippen molar-refractivity contribution in [3.05, 3.63) is 63.6 Å². The monoisotopic (exact) mass is 288 g/mol. The molecule has 0 unspecified atom stereocenters. The number of phenolic OH excluding ortho intramolecular Hbond substituents is 1. The van der Waals surface area contributed by atoms with Crippen LogP contribution in [0.2, 0.25) is 0 Å². The average molecular weight is 289 g/mol. The lowest BCUT2D eigenvalue weighted by Crippen LogP contribution is -1.76. The molecule has 0 aromatic heterocycles. The molecule has 0 spiro atoms. The summed E-state index contributed by atoms with van der Waals surface area (Å²) in [4.78, 5) is 0. The number of hydrogen-bond acceptors (Lipinski definition) is 1. The summed E-state index contributed by atoms with van der Waals surface area (Å²) in [6, 6.07) is 13.6. The van der Waals surface area contributed by atoms with E-state index in [0.717, 1.165) is 15.6 Å². The Kier molecular flexibility index (Phi) is 3.64. The van der Waals surface area contributed by atoms with E-state index in [-0.39, 0.29) is 5.75 Å². The van der Waals surface area contributed by atoms with Gasteiger partial charge in [-0.05, 0) is 30.7 Å². The Morgan fingerprint density at radius 1 is 1.00 bits per heavy atom. The number of benzene rings is 2. The zero-order valence-corrected chi connectivity index (χ0v) is 11.1. The van der Waals surface area contributed by atoms with Crippen LogP contribution in [-0.4, -0.2) is 5.11 Å². The van der Waals surface area contributed by atoms with E-state index in [2.05, 4.69) is 47.1 Å². The molecule has 0 heterocycles. The van der Waals surface area contributed by atoms with E-state index >= 15 is 0 Å². The zero-order chi connectivity index (χ0) is 12.3. The van der Waals surface area contributed by atoms with Crippen molar-refractivity contribution in [2.75, 3.05) is 0 Å². The van der Waals surface area contributed by atoms with Crippen LogP contribution in [-0.2, 0) is 0 Å². The fourth-order valence-electron chi connectivity index (χ4n) is 1.52. The first-order chi connectivity index (χ1) is 8.15. The summed E-state index contributed by atoms with van der Waals surface area (Å²) in [5.41, 5.74) is 3.17. The van der Waals surface area contributed by atoms with Gasteiger partial charge in [-0.25, -0.2) is 0 Å². The van der Waals surface area contributed by atoms with Crippen LogP contribution in [0.5, 0.6) is 5.75 Å². The lowest BCUT2D eigenvalue weighted by molar-refractivity contribution is 0.474. The van der Waals surface area contributed by atoms with E-state index in [4.69, 9.17) is 0 Å². The Morgan fingerprint density at radius 2 is 1.71 bits per heavy atom. The SMILES string of the molecule is Cc1ccc(C=Cc2cc(Br)ccc2O)cc1. The van der Waals surface area contributed by atoms with Crippen molar-refractivity contribution in [2.45, 2.75) is 6.92 Å². The summed E-state index contributed by atoms with van der Waals surface area (Å²) < 4.78 is 0.957. The number of halogens is 1. The van der Waals surface area contributed by atoms with Gasteiger partial charge in [-0.1, -0.05) is 57.9 Å². The number of phenols is 1. The minimum Gasteiger partial charge on any atom is -0.507 e. The first-order valence-electron chi connectivity index (χ1n) is 5.38. The Bertz CT molecular complexity index is 541. The summed E-state index contributed by atoms with van der Waals surface area (Å²) >= 11 is 3.39. The van der Waals surface area contributed by atoms with Gasteiger partial charge in [0.2, 0.25) is 0 Å². The van der Waals surface area contributed by atoms with Gasteiger partial charge in [0, 0.05) is 10.0 Å². The Labute approximate surface area is 110 Å². The number of rotatable bonds is 2. The van der Waals surface area contributed by atoms with Gasteiger partial charge in [-0.15, -0.1) is 0 Å². The van der Waals surface area contributed by atoms with Crippen LogP contribution in [0.15, 0.2) is 46.9 Å². The van der Waals surface area contributed by atoms with Crippen molar-refractivity contribution in [3.63, 3.8) is 0 Å². The van der Waals surface area contributed by atoms with Crippen LogP contribution in [0.3, 0.4) is 0 Å². The van der Waals surface area contributed by atoms with Crippen molar-refractivity contribution in [2.24, 2.45) is 0 Å². The van der Waals surface area contributed by atoms with E-state index in [1.54, 1.807) is 6.07 Å². The quantitative estimate of drug-likeness (QED) is 0.799. The normalized spacial score (nSPS) is 10.9. The molecule has 1 N–H and O–H groups in total. The van der Waals surface area contributed by atoms with Crippen molar-refractivity contribution < 1.29 is 5.11 Å². The molecule has 2 aromatic carbocycles.